The molecule has 1 aromatic carbocycles. The Morgan fingerprint density at radius 3 is 2.75 bits per heavy atom. The standard InChI is InChI=1S/C10H9BrINO3/c11-8-2-1-6(12)5-7(8)10(16)13-4-3-9(14)15/h1-2,5H,3-4H2,(H,13,16)(H,14,15). The van der Waals surface area contributed by atoms with Crippen LogP contribution in [-0.4, -0.2) is 23.5 Å². The summed E-state index contributed by atoms with van der Waals surface area (Å²) in [4.78, 5) is 21.9. The highest BCUT2D eigenvalue weighted by atomic mass is 127. The first-order valence-corrected chi connectivity index (χ1v) is 6.33. The van der Waals surface area contributed by atoms with Crippen molar-refractivity contribution in [2.24, 2.45) is 0 Å². The highest BCUT2D eigenvalue weighted by Crippen LogP contribution is 2.19. The fraction of sp³-hybridized carbons (Fsp3) is 0.200. The normalized spacial score (nSPS) is 9.88. The van der Waals surface area contributed by atoms with E-state index in [0.29, 0.717) is 10.0 Å². The SMILES string of the molecule is O=C(O)CCNC(=O)c1cc(I)ccc1Br. The van der Waals surface area contributed by atoms with E-state index < -0.39 is 5.97 Å². The van der Waals surface area contributed by atoms with Crippen LogP contribution in [0, 0.1) is 3.57 Å². The summed E-state index contributed by atoms with van der Waals surface area (Å²) in [6.07, 6.45) is -0.0761. The first-order valence-electron chi connectivity index (χ1n) is 4.45. The Bertz CT molecular complexity index is 423. The lowest BCUT2D eigenvalue weighted by Crippen LogP contribution is -2.26. The van der Waals surface area contributed by atoms with Crippen molar-refractivity contribution in [2.45, 2.75) is 6.42 Å². The Morgan fingerprint density at radius 2 is 2.12 bits per heavy atom. The third-order valence-corrected chi connectivity index (χ3v) is 3.16. The summed E-state index contributed by atoms with van der Waals surface area (Å²) in [7, 11) is 0. The molecule has 0 aliphatic carbocycles. The van der Waals surface area contributed by atoms with E-state index in [1.807, 2.05) is 6.07 Å². The van der Waals surface area contributed by atoms with Gasteiger partial charge in [0.15, 0.2) is 0 Å². The van der Waals surface area contributed by atoms with Crippen LogP contribution in [-0.2, 0) is 4.79 Å². The Morgan fingerprint density at radius 1 is 1.44 bits per heavy atom. The molecule has 0 heterocycles. The Kier molecular flexibility index (Phi) is 5.20. The molecule has 0 aliphatic rings. The van der Waals surface area contributed by atoms with E-state index in [4.69, 9.17) is 5.11 Å². The second-order valence-corrected chi connectivity index (χ2v) is 5.12. The molecule has 86 valence electrons. The number of amides is 1. The molecule has 1 amide bonds. The topological polar surface area (TPSA) is 66.4 Å². The second-order valence-electron chi connectivity index (χ2n) is 3.02. The van der Waals surface area contributed by atoms with Crippen LogP contribution in [0.15, 0.2) is 22.7 Å². The van der Waals surface area contributed by atoms with Gasteiger partial charge in [-0.2, -0.15) is 0 Å². The molecule has 0 atom stereocenters. The van der Waals surface area contributed by atoms with E-state index >= 15 is 0 Å². The molecule has 2 N–H and O–H groups in total. The number of halogens is 2. The number of carbonyl (C=O) groups excluding carboxylic acids is 1. The van der Waals surface area contributed by atoms with Gasteiger partial charge in [0.05, 0.1) is 12.0 Å². The van der Waals surface area contributed by atoms with E-state index in [1.165, 1.54) is 0 Å². The Labute approximate surface area is 115 Å². The molecule has 0 saturated carbocycles. The Balaban J connectivity index is 2.65. The molecule has 0 unspecified atom stereocenters. The van der Waals surface area contributed by atoms with Gasteiger partial charge in [0, 0.05) is 14.6 Å². The fourth-order valence-corrected chi connectivity index (χ4v) is 1.97. The van der Waals surface area contributed by atoms with Gasteiger partial charge >= 0.3 is 5.97 Å². The van der Waals surface area contributed by atoms with Crippen LogP contribution in [0.4, 0.5) is 0 Å². The number of carboxylic acids is 1. The molecule has 0 aliphatic heterocycles. The van der Waals surface area contributed by atoms with Crippen LogP contribution in [0.3, 0.4) is 0 Å². The lowest BCUT2D eigenvalue weighted by Gasteiger charge is -2.06. The van der Waals surface area contributed by atoms with Gasteiger partial charge in [0.1, 0.15) is 0 Å². The van der Waals surface area contributed by atoms with Crippen molar-refractivity contribution >= 4 is 50.4 Å². The number of nitrogens with one attached hydrogen (secondary N) is 1. The summed E-state index contributed by atoms with van der Waals surface area (Å²) in [6, 6.07) is 5.40. The van der Waals surface area contributed by atoms with Gasteiger partial charge < -0.3 is 10.4 Å². The van der Waals surface area contributed by atoms with Crippen molar-refractivity contribution in [3.8, 4) is 0 Å². The molecule has 0 spiro atoms. The average molecular weight is 398 g/mol. The molecule has 0 fully saturated rings. The van der Waals surface area contributed by atoms with Crippen LogP contribution in [0.2, 0.25) is 0 Å². The predicted octanol–water partition coefficient (Wildman–Crippen LogP) is 2.26. The number of rotatable bonds is 4. The second kappa shape index (κ2) is 6.19. The number of hydrogen-bond donors (Lipinski definition) is 2. The minimum absolute atomic E-state index is 0.0761. The molecule has 0 bridgehead atoms. The van der Waals surface area contributed by atoms with Crippen LogP contribution in [0.25, 0.3) is 0 Å². The maximum Gasteiger partial charge on any atom is 0.305 e. The minimum atomic E-state index is -0.929. The maximum atomic E-state index is 11.7. The number of carboxylic acid groups (broad SMARTS) is 1. The summed E-state index contributed by atoms with van der Waals surface area (Å²) in [5.41, 5.74) is 0.511. The van der Waals surface area contributed by atoms with E-state index in [-0.39, 0.29) is 18.9 Å². The predicted molar refractivity (Wildman–Crippen MR) is 71.4 cm³/mol. The molecule has 6 heteroatoms. The number of carbonyl (C=O) groups is 2. The van der Waals surface area contributed by atoms with Gasteiger partial charge in [-0.25, -0.2) is 0 Å². The highest BCUT2D eigenvalue weighted by Gasteiger charge is 2.10. The average Bonchev–Trinajstić information content (AvgIpc) is 2.21. The zero-order valence-corrected chi connectivity index (χ0v) is 11.9. The molecule has 1 rings (SSSR count). The van der Waals surface area contributed by atoms with Crippen molar-refractivity contribution in [1.29, 1.82) is 0 Å². The molecular formula is C10H9BrINO3. The summed E-state index contributed by atoms with van der Waals surface area (Å²) < 4.78 is 1.64. The van der Waals surface area contributed by atoms with Crippen molar-refractivity contribution in [3.63, 3.8) is 0 Å². The van der Waals surface area contributed by atoms with E-state index in [0.717, 1.165) is 3.57 Å². The molecule has 16 heavy (non-hydrogen) atoms. The molecule has 0 radical (unpaired) electrons. The van der Waals surface area contributed by atoms with Crippen LogP contribution in [0.5, 0.6) is 0 Å². The first-order chi connectivity index (χ1) is 7.50. The van der Waals surface area contributed by atoms with Crippen molar-refractivity contribution < 1.29 is 14.7 Å². The quantitative estimate of drug-likeness (QED) is 0.766. The third-order valence-electron chi connectivity index (χ3n) is 1.80. The number of benzene rings is 1. The van der Waals surface area contributed by atoms with E-state index in [9.17, 15) is 9.59 Å². The van der Waals surface area contributed by atoms with Crippen LogP contribution in [0.1, 0.15) is 16.8 Å². The van der Waals surface area contributed by atoms with Crippen LogP contribution < -0.4 is 5.32 Å². The first kappa shape index (κ1) is 13.4. The Hall–Kier alpha value is -0.630. The number of hydrogen-bond acceptors (Lipinski definition) is 2. The van der Waals surface area contributed by atoms with E-state index in [1.54, 1.807) is 12.1 Å². The zero-order valence-electron chi connectivity index (χ0n) is 8.17. The van der Waals surface area contributed by atoms with Gasteiger partial charge in [-0.05, 0) is 56.7 Å². The third kappa shape index (κ3) is 4.09. The van der Waals surface area contributed by atoms with Crippen molar-refractivity contribution in [1.82, 2.24) is 5.32 Å². The van der Waals surface area contributed by atoms with Gasteiger partial charge in [0.2, 0.25) is 0 Å². The summed E-state index contributed by atoms with van der Waals surface area (Å²) in [6.45, 7) is 0.131. The molecule has 0 saturated heterocycles. The molecule has 0 aromatic heterocycles. The van der Waals surface area contributed by atoms with Gasteiger partial charge in [-0.3, -0.25) is 9.59 Å². The number of aliphatic carboxylic acids is 1. The van der Waals surface area contributed by atoms with E-state index in [2.05, 4.69) is 43.8 Å². The van der Waals surface area contributed by atoms with Gasteiger partial charge in [0.25, 0.3) is 5.91 Å². The van der Waals surface area contributed by atoms with Crippen molar-refractivity contribution in [3.05, 3.63) is 31.8 Å². The molecular weight excluding hydrogens is 389 g/mol. The molecule has 1 aromatic rings. The lowest BCUT2D eigenvalue weighted by atomic mass is 10.2. The van der Waals surface area contributed by atoms with Gasteiger partial charge in [-0.1, -0.05) is 0 Å². The summed E-state index contributed by atoms with van der Waals surface area (Å²) >= 11 is 5.38. The summed E-state index contributed by atoms with van der Waals surface area (Å²) in [5, 5.41) is 11.0. The fourth-order valence-electron chi connectivity index (χ4n) is 1.05. The van der Waals surface area contributed by atoms with Crippen molar-refractivity contribution in [2.75, 3.05) is 6.54 Å². The smallest absolute Gasteiger partial charge is 0.305 e. The highest BCUT2D eigenvalue weighted by molar-refractivity contribution is 14.1. The van der Waals surface area contributed by atoms with Gasteiger partial charge in [-0.15, -0.1) is 0 Å². The minimum Gasteiger partial charge on any atom is -0.481 e. The molecule has 4 nitrogen and oxygen atoms in total. The largest absolute Gasteiger partial charge is 0.481 e. The zero-order chi connectivity index (χ0) is 12.1. The lowest BCUT2D eigenvalue weighted by molar-refractivity contribution is -0.136. The van der Waals surface area contributed by atoms with Crippen LogP contribution >= 0.6 is 38.5 Å². The summed E-state index contributed by atoms with van der Waals surface area (Å²) in [5.74, 6) is -1.20. The maximum absolute atomic E-state index is 11.7. The monoisotopic (exact) mass is 397 g/mol.